The first-order valence-corrected chi connectivity index (χ1v) is 8.49. The first-order chi connectivity index (χ1) is 10.1. The number of ether oxygens (including phenoxy) is 1. The molecule has 0 radical (unpaired) electrons. The van der Waals surface area contributed by atoms with Gasteiger partial charge >= 0.3 is 11.2 Å². The molecular weight excluding hydrogens is 350 g/mol. The molecule has 22 heavy (non-hydrogen) atoms. The number of hydrogen-bond acceptors (Lipinski definition) is 9. The van der Waals surface area contributed by atoms with Crippen molar-refractivity contribution in [2.24, 2.45) is 11.3 Å². The van der Waals surface area contributed by atoms with Crippen LogP contribution in [0.3, 0.4) is 0 Å². The fourth-order valence-electron chi connectivity index (χ4n) is 3.69. The van der Waals surface area contributed by atoms with E-state index in [0.717, 1.165) is 0 Å². The number of hydrogen-bond donors (Lipinski definition) is 1. The van der Waals surface area contributed by atoms with E-state index in [2.05, 4.69) is 9.37 Å². The highest BCUT2D eigenvalue weighted by molar-refractivity contribution is 7.96. The maximum absolute atomic E-state index is 13.4. The van der Waals surface area contributed by atoms with Gasteiger partial charge in [0.25, 0.3) is 10.1 Å². The molecule has 1 saturated heterocycles. The molecular formula is C10H12F2O8S2. The van der Waals surface area contributed by atoms with Crippen LogP contribution in [-0.4, -0.2) is 42.4 Å². The van der Waals surface area contributed by atoms with Crippen LogP contribution in [-0.2, 0) is 33.2 Å². The van der Waals surface area contributed by atoms with Gasteiger partial charge in [0.1, 0.15) is 24.3 Å². The van der Waals surface area contributed by atoms with Gasteiger partial charge in [0, 0.05) is 11.3 Å². The molecule has 2 saturated carbocycles. The van der Waals surface area contributed by atoms with E-state index in [4.69, 9.17) is 14.2 Å². The smallest absolute Gasteiger partial charge is 0.415 e. The van der Waals surface area contributed by atoms with Crippen LogP contribution in [0.4, 0.5) is 8.78 Å². The van der Waals surface area contributed by atoms with Crippen molar-refractivity contribution in [3.8, 4) is 0 Å². The number of carbonyl (C=O) groups excluding carboxylic acids is 1. The number of halogens is 2. The highest BCUT2D eigenvalue weighted by atomic mass is 32.2. The van der Waals surface area contributed by atoms with E-state index in [1.807, 2.05) is 0 Å². The fraction of sp³-hybridized carbons (Fsp3) is 0.900. The Labute approximate surface area is 128 Å². The van der Waals surface area contributed by atoms with Gasteiger partial charge in [-0.3, -0.25) is 4.18 Å². The third kappa shape index (κ3) is 2.32. The van der Waals surface area contributed by atoms with Gasteiger partial charge < -0.3 is 4.74 Å². The zero-order valence-electron chi connectivity index (χ0n) is 11.1. The largest absolute Gasteiger partial charge is 0.454 e. The molecule has 1 N–H and O–H groups in total. The predicted octanol–water partition coefficient (Wildman–Crippen LogP) is 1.09. The summed E-state index contributed by atoms with van der Waals surface area (Å²) in [5.41, 5.74) is -0.728. The summed E-state index contributed by atoms with van der Waals surface area (Å²) in [5.74, 6) is -2.27. The molecule has 0 amide bonds. The molecule has 1 heterocycles. The van der Waals surface area contributed by atoms with Crippen LogP contribution in [0.2, 0.25) is 0 Å². The van der Waals surface area contributed by atoms with Gasteiger partial charge in [-0.1, -0.05) is 12.0 Å². The lowest BCUT2D eigenvalue weighted by atomic mass is 9.82. The quantitative estimate of drug-likeness (QED) is 0.253. The number of rotatable bonds is 5. The summed E-state index contributed by atoms with van der Waals surface area (Å²) in [4.78, 5) is 11.6. The molecule has 0 spiro atoms. The SMILES string of the molecule is CC12CC3C(OS(=O)(=O)C3C1)C2OC(=O)C(F)(F)SOOO. The minimum Gasteiger partial charge on any atom is -0.454 e. The Morgan fingerprint density at radius 3 is 2.77 bits per heavy atom. The Morgan fingerprint density at radius 1 is 1.45 bits per heavy atom. The minimum absolute atomic E-state index is 0.198. The maximum atomic E-state index is 13.4. The van der Waals surface area contributed by atoms with Gasteiger partial charge in [-0.2, -0.15) is 17.2 Å². The monoisotopic (exact) mass is 362 g/mol. The second-order valence-electron chi connectivity index (χ2n) is 5.89. The van der Waals surface area contributed by atoms with Crippen LogP contribution in [0.5, 0.6) is 0 Å². The third-order valence-corrected chi connectivity index (χ3v) is 6.76. The Balaban J connectivity index is 1.76. The van der Waals surface area contributed by atoms with Gasteiger partial charge in [0.15, 0.2) is 0 Å². The van der Waals surface area contributed by atoms with Crippen molar-refractivity contribution in [1.82, 2.24) is 0 Å². The lowest BCUT2D eigenvalue weighted by Crippen LogP contribution is -2.44. The first kappa shape index (κ1) is 16.3. The Morgan fingerprint density at radius 2 is 2.14 bits per heavy atom. The first-order valence-electron chi connectivity index (χ1n) is 6.28. The molecule has 0 aromatic rings. The standard InChI is InChI=1S/C10H12F2O8S2/c1-9-2-4-5(3-9)22(15,16)18-6(4)7(9)17-8(13)10(11,12)21-20-19-14/h4-7,14H,2-3H2,1H3. The number of alkyl halides is 2. The lowest BCUT2D eigenvalue weighted by Gasteiger charge is -2.33. The summed E-state index contributed by atoms with van der Waals surface area (Å²) in [6.07, 6.45) is -1.40. The van der Waals surface area contributed by atoms with E-state index in [0.29, 0.717) is 6.42 Å². The average Bonchev–Trinajstić information content (AvgIpc) is 2.95. The summed E-state index contributed by atoms with van der Waals surface area (Å²) in [6.45, 7) is 1.68. The molecule has 3 rings (SSSR count). The third-order valence-electron chi connectivity index (χ3n) is 4.51. The molecule has 126 valence electrons. The van der Waals surface area contributed by atoms with Crippen molar-refractivity contribution in [2.45, 2.75) is 42.5 Å². The van der Waals surface area contributed by atoms with E-state index >= 15 is 0 Å². The lowest BCUT2D eigenvalue weighted by molar-refractivity contribution is -0.433. The van der Waals surface area contributed by atoms with Crippen LogP contribution < -0.4 is 0 Å². The zero-order chi connectivity index (χ0) is 16.3. The van der Waals surface area contributed by atoms with Crippen molar-refractivity contribution in [3.63, 3.8) is 0 Å². The normalized spacial score (nSPS) is 41.8. The van der Waals surface area contributed by atoms with Crippen molar-refractivity contribution in [3.05, 3.63) is 0 Å². The van der Waals surface area contributed by atoms with Crippen molar-refractivity contribution in [2.75, 3.05) is 0 Å². The molecule has 0 aromatic carbocycles. The van der Waals surface area contributed by atoms with Crippen LogP contribution in [0.15, 0.2) is 0 Å². The Hall–Kier alpha value is -0.530. The summed E-state index contributed by atoms with van der Waals surface area (Å²) < 4.78 is 63.8. The fourth-order valence-corrected chi connectivity index (χ4v) is 5.89. The molecule has 2 bridgehead atoms. The molecule has 1 aliphatic heterocycles. The molecule has 12 heteroatoms. The van der Waals surface area contributed by atoms with Crippen LogP contribution >= 0.6 is 12.0 Å². The van der Waals surface area contributed by atoms with Crippen LogP contribution in [0, 0.1) is 11.3 Å². The summed E-state index contributed by atoms with van der Waals surface area (Å²) in [6, 6.07) is 0. The van der Waals surface area contributed by atoms with E-state index in [9.17, 15) is 22.0 Å². The van der Waals surface area contributed by atoms with E-state index in [-0.39, 0.29) is 12.3 Å². The predicted molar refractivity (Wildman–Crippen MR) is 65.6 cm³/mol. The second-order valence-corrected chi connectivity index (χ2v) is 8.49. The number of carbonyl (C=O) groups is 1. The van der Waals surface area contributed by atoms with E-state index in [1.54, 1.807) is 6.92 Å². The molecule has 0 aromatic heterocycles. The number of esters is 1. The second kappa shape index (κ2) is 4.98. The van der Waals surface area contributed by atoms with E-state index in [1.165, 1.54) is 0 Å². The molecule has 2 aliphatic carbocycles. The van der Waals surface area contributed by atoms with Crippen LogP contribution in [0.1, 0.15) is 19.8 Å². The van der Waals surface area contributed by atoms with Crippen LogP contribution in [0.25, 0.3) is 0 Å². The van der Waals surface area contributed by atoms with Gasteiger partial charge in [-0.25, -0.2) is 10.1 Å². The Bertz CT molecular complexity index is 596. The Kier molecular flexibility index (Phi) is 3.70. The molecule has 8 nitrogen and oxygen atoms in total. The van der Waals surface area contributed by atoms with Crippen molar-refractivity contribution >= 4 is 28.1 Å². The van der Waals surface area contributed by atoms with Crippen molar-refractivity contribution in [1.29, 1.82) is 0 Å². The van der Waals surface area contributed by atoms with Gasteiger partial charge in [0.05, 0.1) is 5.25 Å². The van der Waals surface area contributed by atoms with Gasteiger partial charge in [-0.15, -0.1) is 4.33 Å². The molecule has 3 aliphatic rings. The minimum atomic E-state index is -4.13. The zero-order valence-corrected chi connectivity index (χ0v) is 12.7. The highest BCUT2D eigenvalue weighted by Crippen LogP contribution is 2.62. The topological polar surface area (TPSA) is 108 Å². The van der Waals surface area contributed by atoms with Crippen molar-refractivity contribution < 1.29 is 45.5 Å². The number of fused-ring (bicyclic) bond motifs is 1. The van der Waals surface area contributed by atoms with Gasteiger partial charge in [-0.05, 0) is 12.8 Å². The molecule has 5 atom stereocenters. The summed E-state index contributed by atoms with van der Waals surface area (Å²) in [7, 11) is -3.75. The summed E-state index contributed by atoms with van der Waals surface area (Å²) in [5, 5.41) is 6.07. The van der Waals surface area contributed by atoms with Gasteiger partial charge in [0.2, 0.25) is 0 Å². The maximum Gasteiger partial charge on any atom is 0.415 e. The molecule has 5 unspecified atom stereocenters. The van der Waals surface area contributed by atoms with E-state index < -0.39 is 56.3 Å². The highest BCUT2D eigenvalue weighted by Gasteiger charge is 2.71. The average molecular weight is 362 g/mol. The molecule has 3 fully saturated rings. The summed E-state index contributed by atoms with van der Waals surface area (Å²) >= 11 is -0.731.